The van der Waals surface area contributed by atoms with Gasteiger partial charge in [-0.25, -0.2) is 0 Å². The molecular formula is C20H17N3O3. The lowest BCUT2D eigenvalue weighted by atomic mass is 9.65. The van der Waals surface area contributed by atoms with E-state index in [1.165, 1.54) is 0 Å². The predicted molar refractivity (Wildman–Crippen MR) is 93.4 cm³/mol. The minimum absolute atomic E-state index is 0.0180. The third-order valence-corrected chi connectivity index (χ3v) is 5.21. The highest BCUT2D eigenvalue weighted by Crippen LogP contribution is 2.55. The Labute approximate surface area is 150 Å². The van der Waals surface area contributed by atoms with Crippen LogP contribution in [0.5, 0.6) is 5.75 Å². The number of hydrogen-bond donors (Lipinski definition) is 1. The van der Waals surface area contributed by atoms with Gasteiger partial charge in [0.1, 0.15) is 22.8 Å². The second kappa shape index (κ2) is 5.60. The summed E-state index contributed by atoms with van der Waals surface area (Å²) in [5.74, 6) is -0.204. The zero-order valence-corrected chi connectivity index (χ0v) is 14.1. The van der Waals surface area contributed by atoms with Crippen LogP contribution < -0.4 is 10.5 Å². The molecule has 1 aliphatic carbocycles. The summed E-state index contributed by atoms with van der Waals surface area (Å²) in [5.41, 5.74) is 6.00. The Balaban J connectivity index is 2.12. The van der Waals surface area contributed by atoms with Gasteiger partial charge in [0.15, 0.2) is 5.78 Å². The van der Waals surface area contributed by atoms with Gasteiger partial charge in [-0.1, -0.05) is 24.3 Å². The van der Waals surface area contributed by atoms with E-state index < -0.39 is 5.41 Å². The SMILES string of the molecule is C=CCN1C(=O)[C@]2(C(C#N)=C(N)Oc3ccccc32)C2=C1CCCC2=O. The van der Waals surface area contributed by atoms with E-state index in [2.05, 4.69) is 6.58 Å². The molecule has 0 radical (unpaired) electrons. The molecule has 3 aliphatic rings. The number of benzene rings is 1. The molecule has 4 rings (SSSR count). The molecule has 1 atom stereocenters. The molecule has 6 heteroatoms. The summed E-state index contributed by atoms with van der Waals surface area (Å²) in [6.07, 6.45) is 3.24. The second-order valence-electron chi connectivity index (χ2n) is 6.50. The fourth-order valence-electron chi connectivity index (χ4n) is 4.25. The van der Waals surface area contributed by atoms with Crippen molar-refractivity contribution in [2.24, 2.45) is 5.73 Å². The maximum atomic E-state index is 13.6. The Morgan fingerprint density at radius 2 is 2.12 bits per heavy atom. The minimum atomic E-state index is -1.52. The van der Waals surface area contributed by atoms with Gasteiger partial charge in [-0.2, -0.15) is 5.26 Å². The number of hydrogen-bond acceptors (Lipinski definition) is 5. The van der Waals surface area contributed by atoms with Crippen LogP contribution in [0.25, 0.3) is 0 Å². The zero-order chi connectivity index (χ0) is 18.5. The number of Topliss-reactive ketones (excluding diaryl/α,β-unsaturated/α-hetero) is 1. The summed E-state index contributed by atoms with van der Waals surface area (Å²) in [5, 5.41) is 9.83. The Kier molecular flexibility index (Phi) is 3.48. The quantitative estimate of drug-likeness (QED) is 0.826. The van der Waals surface area contributed by atoms with Crippen molar-refractivity contribution >= 4 is 11.7 Å². The molecule has 1 aromatic rings. The third-order valence-electron chi connectivity index (χ3n) is 5.21. The van der Waals surface area contributed by atoms with E-state index in [0.29, 0.717) is 41.8 Å². The van der Waals surface area contributed by atoms with Crippen LogP contribution in [0.1, 0.15) is 24.8 Å². The number of rotatable bonds is 2. The topological polar surface area (TPSA) is 96.4 Å². The number of fused-ring (bicyclic) bond motifs is 3. The molecule has 1 aromatic carbocycles. The monoisotopic (exact) mass is 347 g/mol. The molecule has 0 unspecified atom stereocenters. The Bertz CT molecular complexity index is 967. The van der Waals surface area contributed by atoms with E-state index in [1.807, 2.05) is 6.07 Å². The number of ketones is 1. The van der Waals surface area contributed by atoms with Crippen LogP contribution in [0.2, 0.25) is 0 Å². The van der Waals surface area contributed by atoms with Gasteiger partial charge >= 0.3 is 0 Å². The molecule has 6 nitrogen and oxygen atoms in total. The molecular weight excluding hydrogens is 330 g/mol. The van der Waals surface area contributed by atoms with Gasteiger partial charge in [0.05, 0.1) is 0 Å². The first-order valence-electron chi connectivity index (χ1n) is 8.44. The molecule has 0 bridgehead atoms. The number of ether oxygens (including phenoxy) is 1. The van der Waals surface area contributed by atoms with Crippen molar-refractivity contribution in [1.29, 1.82) is 5.26 Å². The normalized spacial score (nSPS) is 24.3. The molecule has 2 N–H and O–H groups in total. The Morgan fingerprint density at radius 3 is 2.85 bits per heavy atom. The zero-order valence-electron chi connectivity index (χ0n) is 14.1. The highest BCUT2D eigenvalue weighted by Gasteiger charge is 2.62. The lowest BCUT2D eigenvalue weighted by Crippen LogP contribution is -2.46. The molecule has 130 valence electrons. The van der Waals surface area contributed by atoms with Gasteiger partial charge in [-0.3, -0.25) is 9.59 Å². The Hall–Kier alpha value is -3.33. The number of amides is 1. The van der Waals surface area contributed by atoms with Gasteiger partial charge in [0, 0.05) is 29.8 Å². The fraction of sp³-hybridized carbons (Fsp3) is 0.250. The molecule has 0 aromatic heterocycles. The number of nitrogens with zero attached hydrogens (tertiary/aromatic N) is 2. The number of allylic oxidation sites excluding steroid dienone is 1. The standard InChI is InChI=1S/C20H17N3O3/c1-2-10-23-14-7-5-8-15(24)17(14)20(19(23)25)12-6-3-4-9-16(12)26-18(22)13(20)11-21/h2-4,6,9H,1,5,7-8,10,22H2/t20-/m1/s1. The predicted octanol–water partition coefficient (Wildman–Crippen LogP) is 2.05. The van der Waals surface area contributed by atoms with Gasteiger partial charge in [-0.15, -0.1) is 6.58 Å². The molecule has 0 saturated heterocycles. The van der Waals surface area contributed by atoms with E-state index in [9.17, 15) is 14.9 Å². The summed E-state index contributed by atoms with van der Waals surface area (Å²) in [4.78, 5) is 28.2. The molecule has 2 aliphatic heterocycles. The average molecular weight is 347 g/mol. The van der Waals surface area contributed by atoms with Crippen LogP contribution in [0.3, 0.4) is 0 Å². The van der Waals surface area contributed by atoms with E-state index in [4.69, 9.17) is 10.5 Å². The number of carbonyl (C=O) groups excluding carboxylic acids is 2. The van der Waals surface area contributed by atoms with Crippen molar-refractivity contribution in [3.63, 3.8) is 0 Å². The van der Waals surface area contributed by atoms with E-state index in [0.717, 1.165) is 0 Å². The molecule has 26 heavy (non-hydrogen) atoms. The summed E-state index contributed by atoms with van der Waals surface area (Å²) in [6, 6.07) is 8.98. The third kappa shape index (κ3) is 1.80. The molecule has 2 heterocycles. The number of carbonyl (C=O) groups is 2. The fourth-order valence-corrected chi connectivity index (χ4v) is 4.25. The average Bonchev–Trinajstić information content (AvgIpc) is 2.87. The summed E-state index contributed by atoms with van der Waals surface area (Å²) in [7, 11) is 0. The first-order valence-corrected chi connectivity index (χ1v) is 8.44. The number of nitriles is 1. The van der Waals surface area contributed by atoms with E-state index in [1.54, 1.807) is 35.2 Å². The number of nitrogens with two attached hydrogens (primary N) is 1. The van der Waals surface area contributed by atoms with Crippen molar-refractivity contribution in [2.45, 2.75) is 24.7 Å². The van der Waals surface area contributed by atoms with E-state index in [-0.39, 0.29) is 29.7 Å². The summed E-state index contributed by atoms with van der Waals surface area (Å²) < 4.78 is 5.59. The second-order valence-corrected chi connectivity index (χ2v) is 6.50. The molecule has 1 amide bonds. The Morgan fingerprint density at radius 1 is 1.35 bits per heavy atom. The maximum absolute atomic E-state index is 13.6. The van der Waals surface area contributed by atoms with E-state index >= 15 is 0 Å². The van der Waals surface area contributed by atoms with Gasteiger partial charge in [-0.05, 0) is 18.9 Å². The van der Waals surface area contributed by atoms with Crippen molar-refractivity contribution in [3.8, 4) is 11.8 Å². The number of para-hydroxylation sites is 1. The highest BCUT2D eigenvalue weighted by atomic mass is 16.5. The van der Waals surface area contributed by atoms with Crippen LogP contribution in [0.15, 0.2) is 59.6 Å². The smallest absolute Gasteiger partial charge is 0.247 e. The van der Waals surface area contributed by atoms with Crippen LogP contribution in [-0.4, -0.2) is 23.1 Å². The van der Waals surface area contributed by atoms with Crippen molar-refractivity contribution < 1.29 is 14.3 Å². The van der Waals surface area contributed by atoms with Crippen LogP contribution in [0.4, 0.5) is 0 Å². The summed E-state index contributed by atoms with van der Waals surface area (Å²) in [6.45, 7) is 3.99. The van der Waals surface area contributed by atoms with Gasteiger partial charge in [0.25, 0.3) is 0 Å². The van der Waals surface area contributed by atoms with Crippen LogP contribution >= 0.6 is 0 Å². The van der Waals surface area contributed by atoms with Crippen molar-refractivity contribution in [3.05, 3.63) is 65.2 Å². The minimum Gasteiger partial charge on any atom is -0.440 e. The highest BCUT2D eigenvalue weighted by molar-refractivity contribution is 6.15. The van der Waals surface area contributed by atoms with Gasteiger partial charge < -0.3 is 15.4 Å². The molecule has 0 fully saturated rings. The van der Waals surface area contributed by atoms with Crippen LogP contribution in [-0.2, 0) is 15.0 Å². The van der Waals surface area contributed by atoms with Gasteiger partial charge in [0.2, 0.25) is 11.8 Å². The first-order chi connectivity index (χ1) is 12.6. The lowest BCUT2D eigenvalue weighted by Gasteiger charge is -2.35. The van der Waals surface area contributed by atoms with Crippen LogP contribution in [0, 0.1) is 11.3 Å². The largest absolute Gasteiger partial charge is 0.440 e. The lowest BCUT2D eigenvalue weighted by molar-refractivity contribution is -0.131. The first kappa shape index (κ1) is 16.2. The van der Waals surface area contributed by atoms with Crippen molar-refractivity contribution in [1.82, 2.24) is 4.90 Å². The maximum Gasteiger partial charge on any atom is 0.247 e. The van der Waals surface area contributed by atoms with Crippen molar-refractivity contribution in [2.75, 3.05) is 6.54 Å². The summed E-state index contributed by atoms with van der Waals surface area (Å²) >= 11 is 0. The molecule has 1 spiro atoms. The molecule has 0 saturated carbocycles.